The number of amides is 1. The molecular weight excluding hydrogens is 344 g/mol. The number of rotatable bonds is 7. The SMILES string of the molecule is COc1ccc(N(CC(=O)Nc2ccc(C)cc2)Cc2cccs2)cc1. The van der Waals surface area contributed by atoms with E-state index in [1.807, 2.05) is 66.9 Å². The molecule has 0 saturated carbocycles. The average Bonchev–Trinajstić information content (AvgIpc) is 3.16. The summed E-state index contributed by atoms with van der Waals surface area (Å²) in [6, 6.07) is 19.7. The largest absolute Gasteiger partial charge is 0.497 e. The number of benzene rings is 2. The van der Waals surface area contributed by atoms with E-state index in [1.54, 1.807) is 18.4 Å². The van der Waals surface area contributed by atoms with E-state index in [2.05, 4.69) is 16.3 Å². The van der Waals surface area contributed by atoms with Crippen LogP contribution >= 0.6 is 11.3 Å². The van der Waals surface area contributed by atoms with Crippen molar-refractivity contribution in [3.8, 4) is 5.75 Å². The second-order valence-electron chi connectivity index (χ2n) is 6.05. The zero-order chi connectivity index (χ0) is 18.4. The zero-order valence-corrected chi connectivity index (χ0v) is 15.8. The molecule has 0 bridgehead atoms. The molecule has 0 aliphatic heterocycles. The number of ether oxygens (including phenoxy) is 1. The number of nitrogens with zero attached hydrogens (tertiary/aromatic N) is 1. The highest BCUT2D eigenvalue weighted by atomic mass is 32.1. The summed E-state index contributed by atoms with van der Waals surface area (Å²) >= 11 is 1.69. The van der Waals surface area contributed by atoms with E-state index in [0.29, 0.717) is 6.54 Å². The van der Waals surface area contributed by atoms with Crippen LogP contribution in [0.1, 0.15) is 10.4 Å². The predicted octanol–water partition coefficient (Wildman–Crippen LogP) is 4.71. The summed E-state index contributed by atoms with van der Waals surface area (Å²) in [5, 5.41) is 5.02. The van der Waals surface area contributed by atoms with Gasteiger partial charge in [-0.3, -0.25) is 4.79 Å². The van der Waals surface area contributed by atoms with E-state index in [9.17, 15) is 4.79 Å². The van der Waals surface area contributed by atoms with Crippen molar-refractivity contribution in [2.45, 2.75) is 13.5 Å². The molecule has 1 aromatic heterocycles. The highest BCUT2D eigenvalue weighted by molar-refractivity contribution is 7.09. The third-order valence-corrected chi connectivity index (χ3v) is 4.90. The lowest BCUT2D eigenvalue weighted by molar-refractivity contribution is -0.115. The van der Waals surface area contributed by atoms with Gasteiger partial charge in [0, 0.05) is 16.3 Å². The lowest BCUT2D eigenvalue weighted by Gasteiger charge is -2.24. The molecule has 0 unspecified atom stereocenters. The number of hydrogen-bond acceptors (Lipinski definition) is 4. The minimum Gasteiger partial charge on any atom is -0.497 e. The molecule has 26 heavy (non-hydrogen) atoms. The first-order valence-electron chi connectivity index (χ1n) is 8.42. The molecule has 3 rings (SSSR count). The van der Waals surface area contributed by atoms with Gasteiger partial charge in [0.05, 0.1) is 20.2 Å². The first kappa shape index (κ1) is 18.0. The molecule has 0 spiro atoms. The van der Waals surface area contributed by atoms with Crippen LogP contribution in [0.3, 0.4) is 0 Å². The van der Waals surface area contributed by atoms with Gasteiger partial charge >= 0.3 is 0 Å². The standard InChI is InChI=1S/C21H22N2O2S/c1-16-5-7-17(8-6-16)22-21(24)15-23(14-20-4-3-13-26-20)18-9-11-19(25-2)12-10-18/h3-13H,14-15H2,1-2H3,(H,22,24). The predicted molar refractivity (Wildman–Crippen MR) is 108 cm³/mol. The Morgan fingerprint density at radius 1 is 1.08 bits per heavy atom. The van der Waals surface area contributed by atoms with Crippen molar-refractivity contribution in [3.63, 3.8) is 0 Å². The fraction of sp³-hybridized carbons (Fsp3) is 0.190. The second-order valence-corrected chi connectivity index (χ2v) is 7.08. The van der Waals surface area contributed by atoms with E-state index < -0.39 is 0 Å². The van der Waals surface area contributed by atoms with E-state index in [-0.39, 0.29) is 12.5 Å². The molecule has 1 heterocycles. The number of nitrogens with one attached hydrogen (secondary N) is 1. The minimum absolute atomic E-state index is 0.0405. The maximum Gasteiger partial charge on any atom is 0.243 e. The number of carbonyl (C=O) groups is 1. The lowest BCUT2D eigenvalue weighted by Crippen LogP contribution is -2.32. The van der Waals surface area contributed by atoms with Crippen LogP contribution in [0.25, 0.3) is 0 Å². The molecule has 2 aromatic carbocycles. The Morgan fingerprint density at radius 3 is 2.42 bits per heavy atom. The minimum atomic E-state index is -0.0405. The fourth-order valence-corrected chi connectivity index (χ4v) is 3.35. The van der Waals surface area contributed by atoms with Crippen LogP contribution in [-0.4, -0.2) is 19.6 Å². The molecule has 1 N–H and O–H groups in total. The van der Waals surface area contributed by atoms with Crippen molar-refractivity contribution in [1.82, 2.24) is 0 Å². The first-order chi connectivity index (χ1) is 12.6. The van der Waals surface area contributed by atoms with Gasteiger partial charge in [0.25, 0.3) is 0 Å². The normalized spacial score (nSPS) is 10.4. The maximum atomic E-state index is 12.6. The Kier molecular flexibility index (Phi) is 5.92. The van der Waals surface area contributed by atoms with Gasteiger partial charge in [-0.05, 0) is 54.8 Å². The molecule has 134 valence electrons. The molecule has 0 aliphatic carbocycles. The Morgan fingerprint density at radius 2 is 1.81 bits per heavy atom. The van der Waals surface area contributed by atoms with Crippen molar-refractivity contribution in [2.24, 2.45) is 0 Å². The number of carbonyl (C=O) groups excluding carboxylic acids is 1. The molecule has 0 radical (unpaired) electrons. The Labute approximate surface area is 158 Å². The number of anilines is 2. The van der Waals surface area contributed by atoms with Crippen molar-refractivity contribution < 1.29 is 9.53 Å². The molecule has 1 amide bonds. The van der Waals surface area contributed by atoms with Crippen molar-refractivity contribution in [1.29, 1.82) is 0 Å². The van der Waals surface area contributed by atoms with Gasteiger partial charge in [0.1, 0.15) is 5.75 Å². The van der Waals surface area contributed by atoms with Crippen LogP contribution in [0.5, 0.6) is 5.75 Å². The molecule has 0 fully saturated rings. The average molecular weight is 366 g/mol. The van der Waals surface area contributed by atoms with Gasteiger partial charge in [0.2, 0.25) is 5.91 Å². The monoisotopic (exact) mass is 366 g/mol. The van der Waals surface area contributed by atoms with Crippen molar-refractivity contribution in [2.75, 3.05) is 23.9 Å². The smallest absolute Gasteiger partial charge is 0.243 e. The quantitative estimate of drug-likeness (QED) is 0.658. The number of hydrogen-bond donors (Lipinski definition) is 1. The molecule has 0 saturated heterocycles. The van der Waals surface area contributed by atoms with Crippen molar-refractivity contribution in [3.05, 3.63) is 76.5 Å². The summed E-state index contributed by atoms with van der Waals surface area (Å²) in [4.78, 5) is 15.8. The van der Waals surface area contributed by atoms with E-state index in [1.165, 1.54) is 10.4 Å². The summed E-state index contributed by atoms with van der Waals surface area (Å²) < 4.78 is 5.23. The van der Waals surface area contributed by atoms with E-state index in [4.69, 9.17) is 4.74 Å². The van der Waals surface area contributed by atoms with E-state index >= 15 is 0 Å². The van der Waals surface area contributed by atoms with Crippen LogP contribution in [0.2, 0.25) is 0 Å². The van der Waals surface area contributed by atoms with Gasteiger partial charge in [-0.25, -0.2) is 0 Å². The molecule has 0 aliphatic rings. The highest BCUT2D eigenvalue weighted by Gasteiger charge is 2.13. The summed E-state index contributed by atoms with van der Waals surface area (Å²) in [6.07, 6.45) is 0. The third kappa shape index (κ3) is 4.86. The van der Waals surface area contributed by atoms with E-state index in [0.717, 1.165) is 17.1 Å². The molecule has 3 aromatic rings. The van der Waals surface area contributed by atoms with Gasteiger partial charge in [0.15, 0.2) is 0 Å². The summed E-state index contributed by atoms with van der Waals surface area (Å²) in [7, 11) is 1.65. The summed E-state index contributed by atoms with van der Waals surface area (Å²) in [6.45, 7) is 2.99. The number of aryl methyl sites for hydroxylation is 1. The van der Waals surface area contributed by atoms with Gasteiger partial charge in [-0.2, -0.15) is 0 Å². The Balaban J connectivity index is 1.73. The Bertz CT molecular complexity index is 827. The van der Waals surface area contributed by atoms with Crippen LogP contribution in [0, 0.1) is 6.92 Å². The topological polar surface area (TPSA) is 41.6 Å². The van der Waals surface area contributed by atoms with Crippen LogP contribution < -0.4 is 15.0 Å². The summed E-state index contributed by atoms with van der Waals surface area (Å²) in [5.41, 5.74) is 2.96. The Hall–Kier alpha value is -2.79. The highest BCUT2D eigenvalue weighted by Crippen LogP contribution is 2.22. The number of methoxy groups -OCH3 is 1. The molecule has 5 heteroatoms. The molecule has 0 atom stereocenters. The summed E-state index contributed by atoms with van der Waals surface area (Å²) in [5.74, 6) is 0.759. The lowest BCUT2D eigenvalue weighted by atomic mass is 10.2. The molecular formula is C21H22N2O2S. The first-order valence-corrected chi connectivity index (χ1v) is 9.30. The van der Waals surface area contributed by atoms with Gasteiger partial charge < -0.3 is 15.0 Å². The van der Waals surface area contributed by atoms with Crippen LogP contribution in [0.4, 0.5) is 11.4 Å². The van der Waals surface area contributed by atoms with Crippen molar-refractivity contribution >= 4 is 28.6 Å². The van der Waals surface area contributed by atoms with Gasteiger partial charge in [-0.15, -0.1) is 11.3 Å². The second kappa shape index (κ2) is 8.54. The third-order valence-electron chi connectivity index (χ3n) is 4.03. The van der Waals surface area contributed by atoms with Crippen LogP contribution in [-0.2, 0) is 11.3 Å². The number of thiophene rings is 1. The van der Waals surface area contributed by atoms with Crippen LogP contribution in [0.15, 0.2) is 66.0 Å². The molecule has 4 nitrogen and oxygen atoms in total. The van der Waals surface area contributed by atoms with Gasteiger partial charge in [-0.1, -0.05) is 23.8 Å². The fourth-order valence-electron chi connectivity index (χ4n) is 2.63. The maximum absolute atomic E-state index is 12.6. The zero-order valence-electron chi connectivity index (χ0n) is 14.9.